The standard InChI is InChI=1S/C17H23N3O2S2/c1-11(2)18-15(21)9-10-16(22)20(12(3)4)24-17-19-13-7-5-6-8-14(13)23-17/h5-8,11-12H,9-10H2,1-4H3,(H,18,21). The maximum absolute atomic E-state index is 12.5. The molecule has 2 rings (SSSR count). The van der Waals surface area contributed by atoms with Crippen molar-refractivity contribution in [1.82, 2.24) is 14.6 Å². The third-order valence-corrected chi connectivity index (χ3v) is 5.56. The van der Waals surface area contributed by atoms with Crippen molar-refractivity contribution in [3.05, 3.63) is 24.3 Å². The number of hydrogen-bond acceptors (Lipinski definition) is 5. The van der Waals surface area contributed by atoms with Gasteiger partial charge >= 0.3 is 0 Å². The van der Waals surface area contributed by atoms with Crippen molar-refractivity contribution >= 4 is 45.3 Å². The summed E-state index contributed by atoms with van der Waals surface area (Å²) in [5, 5.41) is 2.81. The Bertz CT molecular complexity index is 680. The van der Waals surface area contributed by atoms with Crippen LogP contribution in [0, 0.1) is 0 Å². The van der Waals surface area contributed by atoms with Crippen LogP contribution in [-0.4, -0.2) is 33.2 Å². The van der Waals surface area contributed by atoms with Crippen LogP contribution in [0.3, 0.4) is 0 Å². The first-order valence-corrected chi connectivity index (χ1v) is 9.60. The van der Waals surface area contributed by atoms with Crippen LogP contribution in [0.1, 0.15) is 40.5 Å². The van der Waals surface area contributed by atoms with E-state index < -0.39 is 0 Å². The normalized spacial score (nSPS) is 11.2. The average molecular weight is 366 g/mol. The molecule has 0 spiro atoms. The van der Waals surface area contributed by atoms with Crippen molar-refractivity contribution in [2.75, 3.05) is 0 Å². The Hall–Kier alpha value is -1.60. The van der Waals surface area contributed by atoms with Crippen LogP contribution in [0.25, 0.3) is 10.2 Å². The molecule has 1 aromatic carbocycles. The molecule has 0 aliphatic carbocycles. The Kier molecular flexibility index (Phi) is 6.62. The van der Waals surface area contributed by atoms with E-state index >= 15 is 0 Å². The number of carbonyl (C=O) groups excluding carboxylic acids is 2. The summed E-state index contributed by atoms with van der Waals surface area (Å²) in [6.07, 6.45) is 0.412. The van der Waals surface area contributed by atoms with Gasteiger partial charge in [-0.3, -0.25) is 13.9 Å². The molecule has 0 saturated heterocycles. The van der Waals surface area contributed by atoms with E-state index in [9.17, 15) is 9.59 Å². The number of benzene rings is 1. The molecular weight excluding hydrogens is 342 g/mol. The van der Waals surface area contributed by atoms with Gasteiger partial charge in [-0.2, -0.15) is 0 Å². The number of nitrogens with zero attached hydrogens (tertiary/aromatic N) is 2. The Morgan fingerprint density at radius 3 is 2.54 bits per heavy atom. The van der Waals surface area contributed by atoms with Gasteiger partial charge in [-0.05, 0) is 39.8 Å². The summed E-state index contributed by atoms with van der Waals surface area (Å²) in [6.45, 7) is 7.74. The van der Waals surface area contributed by atoms with E-state index in [2.05, 4.69) is 10.3 Å². The number of para-hydroxylation sites is 1. The molecule has 0 atom stereocenters. The van der Waals surface area contributed by atoms with Crippen molar-refractivity contribution in [3.63, 3.8) is 0 Å². The van der Waals surface area contributed by atoms with E-state index in [1.165, 1.54) is 11.9 Å². The monoisotopic (exact) mass is 365 g/mol. The molecule has 130 valence electrons. The van der Waals surface area contributed by atoms with E-state index in [0.29, 0.717) is 0 Å². The summed E-state index contributed by atoms with van der Waals surface area (Å²) in [5.41, 5.74) is 0.942. The van der Waals surface area contributed by atoms with Gasteiger partial charge in [0, 0.05) is 36.9 Å². The van der Waals surface area contributed by atoms with Gasteiger partial charge in [0.1, 0.15) is 0 Å². The maximum Gasteiger partial charge on any atom is 0.233 e. The molecule has 0 unspecified atom stereocenters. The lowest BCUT2D eigenvalue weighted by molar-refractivity contribution is -0.130. The lowest BCUT2D eigenvalue weighted by Crippen LogP contribution is -2.34. The third-order valence-electron chi connectivity index (χ3n) is 3.18. The summed E-state index contributed by atoms with van der Waals surface area (Å²) < 4.78 is 3.65. The van der Waals surface area contributed by atoms with Crippen LogP contribution < -0.4 is 5.32 Å². The highest BCUT2D eigenvalue weighted by molar-refractivity contribution is 7.99. The third kappa shape index (κ3) is 5.21. The predicted octanol–water partition coefficient (Wildman–Crippen LogP) is 3.85. The van der Waals surface area contributed by atoms with Crippen LogP contribution in [-0.2, 0) is 9.59 Å². The fraction of sp³-hybridized carbons (Fsp3) is 0.471. The number of nitrogens with one attached hydrogen (secondary N) is 1. The first-order valence-electron chi connectivity index (χ1n) is 8.01. The Labute approximate surface area is 151 Å². The quantitative estimate of drug-likeness (QED) is 0.757. The SMILES string of the molecule is CC(C)NC(=O)CCC(=O)N(Sc1nc2ccccc2s1)C(C)C. The summed E-state index contributed by atoms with van der Waals surface area (Å²) >= 11 is 2.93. The number of amides is 2. The van der Waals surface area contributed by atoms with Crippen LogP contribution in [0.2, 0.25) is 0 Å². The Morgan fingerprint density at radius 1 is 1.21 bits per heavy atom. The van der Waals surface area contributed by atoms with Gasteiger partial charge < -0.3 is 5.32 Å². The van der Waals surface area contributed by atoms with E-state index in [0.717, 1.165) is 14.6 Å². The molecule has 24 heavy (non-hydrogen) atoms. The van der Waals surface area contributed by atoms with Gasteiger partial charge in [-0.25, -0.2) is 4.98 Å². The molecule has 0 aliphatic heterocycles. The number of carbonyl (C=O) groups is 2. The fourth-order valence-electron chi connectivity index (χ4n) is 2.14. The zero-order valence-corrected chi connectivity index (χ0v) is 16.0. The average Bonchev–Trinajstić information content (AvgIpc) is 2.92. The Morgan fingerprint density at radius 2 is 1.92 bits per heavy atom. The van der Waals surface area contributed by atoms with E-state index in [-0.39, 0.29) is 36.7 Å². The van der Waals surface area contributed by atoms with Crippen molar-refractivity contribution in [2.45, 2.75) is 57.0 Å². The largest absolute Gasteiger partial charge is 0.354 e. The van der Waals surface area contributed by atoms with Gasteiger partial charge in [0.25, 0.3) is 0 Å². The van der Waals surface area contributed by atoms with Crippen molar-refractivity contribution in [1.29, 1.82) is 0 Å². The minimum absolute atomic E-state index is 0.0303. The molecule has 1 aromatic heterocycles. The van der Waals surface area contributed by atoms with E-state index in [1.807, 2.05) is 52.0 Å². The number of thiazole rings is 1. The molecular formula is C17H23N3O2S2. The van der Waals surface area contributed by atoms with Gasteiger partial charge in [0.15, 0.2) is 4.34 Å². The molecule has 0 fully saturated rings. The summed E-state index contributed by atoms with van der Waals surface area (Å²) in [5.74, 6) is -0.139. The number of hydrogen-bond donors (Lipinski definition) is 1. The van der Waals surface area contributed by atoms with Gasteiger partial charge in [0.05, 0.1) is 10.2 Å². The van der Waals surface area contributed by atoms with Crippen LogP contribution in [0.15, 0.2) is 28.6 Å². The van der Waals surface area contributed by atoms with Crippen molar-refractivity contribution < 1.29 is 9.59 Å². The summed E-state index contributed by atoms with van der Waals surface area (Å²) in [4.78, 5) is 28.8. The van der Waals surface area contributed by atoms with Gasteiger partial charge in [0.2, 0.25) is 11.8 Å². The molecule has 0 bridgehead atoms. The molecule has 2 aromatic rings. The van der Waals surface area contributed by atoms with E-state index in [4.69, 9.17) is 0 Å². The first-order chi connectivity index (χ1) is 11.4. The highest BCUT2D eigenvalue weighted by atomic mass is 32.2. The molecule has 2 amide bonds. The van der Waals surface area contributed by atoms with Gasteiger partial charge in [-0.1, -0.05) is 12.1 Å². The highest BCUT2D eigenvalue weighted by Gasteiger charge is 2.21. The molecule has 1 N–H and O–H groups in total. The molecule has 0 saturated carbocycles. The Balaban J connectivity index is 2.00. The number of rotatable bonds is 7. The van der Waals surface area contributed by atoms with E-state index in [1.54, 1.807) is 15.6 Å². The smallest absolute Gasteiger partial charge is 0.233 e. The highest BCUT2D eigenvalue weighted by Crippen LogP contribution is 2.33. The first kappa shape index (κ1) is 18.7. The molecule has 1 heterocycles. The zero-order chi connectivity index (χ0) is 17.7. The predicted molar refractivity (Wildman–Crippen MR) is 100.0 cm³/mol. The zero-order valence-electron chi connectivity index (χ0n) is 14.4. The second kappa shape index (κ2) is 8.48. The molecule has 0 radical (unpaired) electrons. The maximum atomic E-state index is 12.5. The number of fused-ring (bicyclic) bond motifs is 1. The van der Waals surface area contributed by atoms with Crippen LogP contribution in [0.4, 0.5) is 0 Å². The van der Waals surface area contributed by atoms with Gasteiger partial charge in [-0.15, -0.1) is 11.3 Å². The minimum Gasteiger partial charge on any atom is -0.354 e. The van der Waals surface area contributed by atoms with Crippen LogP contribution >= 0.6 is 23.3 Å². The summed E-state index contributed by atoms with van der Waals surface area (Å²) in [7, 11) is 0. The van der Waals surface area contributed by atoms with Crippen molar-refractivity contribution in [3.8, 4) is 0 Å². The molecule has 0 aliphatic rings. The number of aromatic nitrogens is 1. The fourth-order valence-corrected chi connectivity index (χ4v) is 4.21. The minimum atomic E-state index is -0.0907. The summed E-state index contributed by atoms with van der Waals surface area (Å²) in [6, 6.07) is 8.04. The topological polar surface area (TPSA) is 62.3 Å². The lowest BCUT2D eigenvalue weighted by Gasteiger charge is -2.24. The second-order valence-electron chi connectivity index (χ2n) is 6.07. The van der Waals surface area contributed by atoms with Crippen LogP contribution in [0.5, 0.6) is 0 Å². The van der Waals surface area contributed by atoms with Crippen molar-refractivity contribution in [2.24, 2.45) is 0 Å². The molecule has 7 heteroatoms. The lowest BCUT2D eigenvalue weighted by atomic mass is 10.2. The second-order valence-corrected chi connectivity index (χ2v) is 8.33. The molecule has 5 nitrogen and oxygen atoms in total.